The number of carbonyl (C=O) groups excluding carboxylic acids is 1. The van der Waals surface area contributed by atoms with Crippen molar-refractivity contribution < 1.29 is 14.7 Å². The maximum absolute atomic E-state index is 10.6. The SMILES string of the molecule is Nc1ccc(C(=O)O)cc1C#CC=O. The van der Waals surface area contributed by atoms with Gasteiger partial charge in [0.25, 0.3) is 0 Å². The molecule has 0 saturated carbocycles. The first kappa shape index (κ1) is 9.81. The van der Waals surface area contributed by atoms with E-state index in [4.69, 9.17) is 10.8 Å². The number of hydrogen-bond acceptors (Lipinski definition) is 3. The zero-order valence-corrected chi connectivity index (χ0v) is 7.15. The molecule has 1 aromatic rings. The Bertz CT molecular complexity index is 440. The molecule has 14 heavy (non-hydrogen) atoms. The van der Waals surface area contributed by atoms with E-state index in [2.05, 4.69) is 11.8 Å². The molecule has 4 heteroatoms. The van der Waals surface area contributed by atoms with Crippen LogP contribution in [-0.2, 0) is 4.79 Å². The third-order valence-electron chi connectivity index (χ3n) is 1.57. The lowest BCUT2D eigenvalue weighted by molar-refractivity contribution is -0.103. The highest BCUT2D eigenvalue weighted by molar-refractivity contribution is 5.89. The molecule has 70 valence electrons. The smallest absolute Gasteiger partial charge is 0.335 e. The van der Waals surface area contributed by atoms with Crippen LogP contribution in [0.2, 0.25) is 0 Å². The number of nitrogen functional groups attached to an aromatic ring is 1. The summed E-state index contributed by atoms with van der Waals surface area (Å²) in [6.45, 7) is 0. The summed E-state index contributed by atoms with van der Waals surface area (Å²) in [5, 5.41) is 8.67. The minimum atomic E-state index is -1.06. The molecule has 0 aliphatic heterocycles. The number of nitrogens with two attached hydrogens (primary N) is 1. The van der Waals surface area contributed by atoms with Crippen molar-refractivity contribution >= 4 is 17.9 Å². The monoisotopic (exact) mass is 189 g/mol. The predicted molar refractivity (Wildman–Crippen MR) is 50.8 cm³/mol. The fourth-order valence-corrected chi connectivity index (χ4v) is 0.905. The van der Waals surface area contributed by atoms with Gasteiger partial charge in [-0.15, -0.1) is 0 Å². The van der Waals surface area contributed by atoms with Crippen LogP contribution in [0.15, 0.2) is 18.2 Å². The second-order valence-electron chi connectivity index (χ2n) is 2.49. The lowest BCUT2D eigenvalue weighted by Crippen LogP contribution is -1.99. The molecule has 0 unspecified atom stereocenters. The van der Waals surface area contributed by atoms with Crippen molar-refractivity contribution in [2.24, 2.45) is 0 Å². The van der Waals surface area contributed by atoms with E-state index in [0.717, 1.165) is 0 Å². The van der Waals surface area contributed by atoms with Gasteiger partial charge in [0, 0.05) is 11.3 Å². The number of hydrogen-bond donors (Lipinski definition) is 2. The maximum atomic E-state index is 10.6. The average Bonchev–Trinajstić information content (AvgIpc) is 2.16. The van der Waals surface area contributed by atoms with Gasteiger partial charge in [-0.25, -0.2) is 4.79 Å². The van der Waals surface area contributed by atoms with Crippen molar-refractivity contribution in [3.05, 3.63) is 29.3 Å². The molecule has 0 aliphatic rings. The van der Waals surface area contributed by atoms with Gasteiger partial charge in [-0.1, -0.05) is 5.92 Å². The van der Waals surface area contributed by atoms with E-state index in [-0.39, 0.29) is 5.56 Å². The molecule has 0 spiro atoms. The van der Waals surface area contributed by atoms with Crippen molar-refractivity contribution in [2.75, 3.05) is 5.73 Å². The van der Waals surface area contributed by atoms with Gasteiger partial charge in [-0.05, 0) is 24.1 Å². The van der Waals surface area contributed by atoms with Crippen LogP contribution in [0.4, 0.5) is 5.69 Å². The quantitative estimate of drug-likeness (QED) is 0.383. The van der Waals surface area contributed by atoms with Gasteiger partial charge in [0.15, 0.2) is 6.29 Å². The molecule has 1 aromatic carbocycles. The normalized spacial score (nSPS) is 8.57. The summed E-state index contributed by atoms with van der Waals surface area (Å²) in [6, 6.07) is 4.15. The number of rotatable bonds is 1. The molecule has 1 rings (SSSR count). The second-order valence-corrected chi connectivity index (χ2v) is 2.49. The minimum absolute atomic E-state index is 0.0920. The van der Waals surface area contributed by atoms with Crippen LogP contribution in [0.3, 0.4) is 0 Å². The van der Waals surface area contributed by atoms with Gasteiger partial charge in [0.2, 0.25) is 0 Å². The van der Waals surface area contributed by atoms with Crippen LogP contribution in [0.5, 0.6) is 0 Å². The Kier molecular flexibility index (Phi) is 2.87. The Hall–Kier alpha value is -2.28. The van der Waals surface area contributed by atoms with Crippen molar-refractivity contribution in [1.82, 2.24) is 0 Å². The topological polar surface area (TPSA) is 80.4 Å². The van der Waals surface area contributed by atoms with Gasteiger partial charge < -0.3 is 10.8 Å². The summed E-state index contributed by atoms with van der Waals surface area (Å²) in [4.78, 5) is 20.6. The molecule has 0 radical (unpaired) electrons. The summed E-state index contributed by atoms with van der Waals surface area (Å²) >= 11 is 0. The summed E-state index contributed by atoms with van der Waals surface area (Å²) in [5.41, 5.74) is 6.31. The number of carboxylic acid groups (broad SMARTS) is 1. The molecular weight excluding hydrogens is 182 g/mol. The van der Waals surface area contributed by atoms with E-state index < -0.39 is 5.97 Å². The van der Waals surface area contributed by atoms with E-state index in [0.29, 0.717) is 17.5 Å². The number of carboxylic acids is 1. The van der Waals surface area contributed by atoms with Gasteiger partial charge >= 0.3 is 5.97 Å². The number of benzene rings is 1. The van der Waals surface area contributed by atoms with Crippen molar-refractivity contribution in [1.29, 1.82) is 0 Å². The molecular formula is C10H7NO3. The fourth-order valence-electron chi connectivity index (χ4n) is 0.905. The second kappa shape index (κ2) is 4.10. The zero-order valence-electron chi connectivity index (χ0n) is 7.15. The largest absolute Gasteiger partial charge is 0.478 e. The average molecular weight is 189 g/mol. The van der Waals surface area contributed by atoms with Crippen LogP contribution in [0.1, 0.15) is 15.9 Å². The number of aromatic carboxylic acids is 1. The van der Waals surface area contributed by atoms with Crippen molar-refractivity contribution in [2.45, 2.75) is 0 Å². The fraction of sp³-hybridized carbons (Fsp3) is 0. The Morgan fingerprint density at radius 3 is 2.79 bits per heavy atom. The molecule has 0 bridgehead atoms. The van der Waals surface area contributed by atoms with Gasteiger partial charge in [-0.3, -0.25) is 4.79 Å². The molecule has 0 amide bonds. The number of anilines is 1. The first-order valence-electron chi connectivity index (χ1n) is 3.73. The lowest BCUT2D eigenvalue weighted by atomic mass is 10.1. The summed E-state index contributed by atoms with van der Waals surface area (Å²) in [7, 11) is 0. The van der Waals surface area contributed by atoms with Gasteiger partial charge in [0.05, 0.1) is 5.56 Å². The molecule has 3 N–H and O–H groups in total. The summed E-state index contributed by atoms with van der Waals surface area (Å²) < 4.78 is 0. The highest BCUT2D eigenvalue weighted by Crippen LogP contribution is 2.12. The predicted octanol–water partition coefficient (Wildman–Crippen LogP) is 0.517. The van der Waals surface area contributed by atoms with Crippen molar-refractivity contribution in [3.8, 4) is 11.8 Å². The van der Waals surface area contributed by atoms with Gasteiger partial charge in [-0.2, -0.15) is 0 Å². The summed E-state index contributed by atoms with van der Waals surface area (Å²) in [6.07, 6.45) is 0.423. The van der Waals surface area contributed by atoms with Crippen LogP contribution < -0.4 is 5.73 Å². The van der Waals surface area contributed by atoms with E-state index in [9.17, 15) is 9.59 Å². The van der Waals surface area contributed by atoms with Crippen LogP contribution in [0.25, 0.3) is 0 Å². The number of carbonyl (C=O) groups is 2. The standard InChI is InChI=1S/C10H7NO3/c11-9-4-3-8(10(13)14)6-7(9)2-1-5-12/h3-6H,11H2,(H,13,14). The first-order chi connectivity index (χ1) is 6.65. The molecule has 0 aliphatic carbocycles. The Balaban J connectivity index is 3.21. The van der Waals surface area contributed by atoms with Crippen LogP contribution in [0, 0.1) is 11.8 Å². The molecule has 0 saturated heterocycles. The Labute approximate surface area is 80.3 Å². The maximum Gasteiger partial charge on any atom is 0.335 e. The third-order valence-corrected chi connectivity index (χ3v) is 1.57. The van der Waals surface area contributed by atoms with E-state index in [1.54, 1.807) is 0 Å². The van der Waals surface area contributed by atoms with Gasteiger partial charge in [0.1, 0.15) is 0 Å². The van der Waals surface area contributed by atoms with Crippen molar-refractivity contribution in [3.63, 3.8) is 0 Å². The summed E-state index contributed by atoms with van der Waals surface area (Å²) in [5.74, 6) is 3.56. The molecule has 0 heterocycles. The van der Waals surface area contributed by atoms with E-state index >= 15 is 0 Å². The van der Waals surface area contributed by atoms with Crippen LogP contribution >= 0.6 is 0 Å². The highest BCUT2D eigenvalue weighted by Gasteiger charge is 2.04. The number of aldehydes is 1. The lowest BCUT2D eigenvalue weighted by Gasteiger charge is -1.99. The molecule has 0 aromatic heterocycles. The molecule has 0 atom stereocenters. The minimum Gasteiger partial charge on any atom is -0.478 e. The zero-order chi connectivity index (χ0) is 10.6. The third kappa shape index (κ3) is 2.11. The molecule has 0 fully saturated rings. The van der Waals surface area contributed by atoms with E-state index in [1.807, 2.05) is 0 Å². The Morgan fingerprint density at radius 2 is 2.21 bits per heavy atom. The highest BCUT2D eigenvalue weighted by atomic mass is 16.4. The molecule has 4 nitrogen and oxygen atoms in total. The Morgan fingerprint density at radius 1 is 1.50 bits per heavy atom. The first-order valence-corrected chi connectivity index (χ1v) is 3.73. The van der Waals surface area contributed by atoms with Crippen LogP contribution in [-0.4, -0.2) is 17.4 Å². The van der Waals surface area contributed by atoms with E-state index in [1.165, 1.54) is 18.2 Å².